The van der Waals surface area contributed by atoms with Crippen LogP contribution in [0, 0.1) is 58.5 Å². The second kappa shape index (κ2) is 14.6. The molecule has 2 heterocycles. The summed E-state index contributed by atoms with van der Waals surface area (Å²) in [6.07, 6.45) is 0. The maximum atomic E-state index is 10.8. The number of para-hydroxylation sites is 2. The Labute approximate surface area is 355 Å². The Morgan fingerprint density at radius 1 is 0.355 bits per heavy atom. The van der Waals surface area contributed by atoms with Gasteiger partial charge in [0.2, 0.25) is 0 Å². The lowest BCUT2D eigenvalue weighted by molar-refractivity contribution is 1.13. The van der Waals surface area contributed by atoms with Gasteiger partial charge in [-0.3, -0.25) is 0 Å². The first-order valence-corrected chi connectivity index (χ1v) is 19.5. The Balaban J connectivity index is 1.30. The van der Waals surface area contributed by atoms with Gasteiger partial charge in [0.05, 0.1) is 82.0 Å². The summed E-state index contributed by atoms with van der Waals surface area (Å²) in [5, 5.41) is 44.3. The Hall–Kier alpha value is -9.70. The highest BCUT2D eigenvalue weighted by molar-refractivity contribution is 6.13. The molecule has 0 spiro atoms. The molecule has 0 bridgehead atoms. The first-order valence-electron chi connectivity index (χ1n) is 19.5. The smallest absolute Gasteiger partial charge is 0.189 e. The monoisotopic (exact) mass is 786 g/mol. The maximum absolute atomic E-state index is 10.8. The van der Waals surface area contributed by atoms with E-state index in [2.05, 4.69) is 79.5 Å². The molecule has 10 rings (SSSR count). The highest BCUT2D eigenvalue weighted by atomic mass is 15.0. The fraction of sp³-hybridized carbons (Fsp3) is 0. The van der Waals surface area contributed by atoms with Gasteiger partial charge in [0.1, 0.15) is 0 Å². The van der Waals surface area contributed by atoms with E-state index in [1.54, 1.807) is 42.5 Å². The van der Waals surface area contributed by atoms with Crippen molar-refractivity contribution in [2.24, 2.45) is 0 Å². The highest BCUT2D eigenvalue weighted by Gasteiger charge is 2.24. The first-order chi connectivity index (χ1) is 30.4. The van der Waals surface area contributed by atoms with E-state index in [9.17, 15) is 21.0 Å². The molecule has 0 fully saturated rings. The number of nitriles is 4. The summed E-state index contributed by atoms with van der Waals surface area (Å²) in [5.74, 6) is 0. The molecule has 8 heteroatoms. The van der Waals surface area contributed by atoms with Crippen LogP contribution in [-0.2, 0) is 0 Å². The number of rotatable bonds is 5. The van der Waals surface area contributed by atoms with Crippen LogP contribution in [-0.4, -0.2) is 9.13 Å². The van der Waals surface area contributed by atoms with Gasteiger partial charge >= 0.3 is 0 Å². The van der Waals surface area contributed by atoms with Crippen LogP contribution < -0.4 is 0 Å². The number of fused-ring (bicyclic) bond motifs is 6. The van der Waals surface area contributed by atoms with Crippen molar-refractivity contribution < 1.29 is 0 Å². The van der Waals surface area contributed by atoms with Crippen molar-refractivity contribution in [1.82, 2.24) is 9.13 Å². The number of benzene rings is 8. The van der Waals surface area contributed by atoms with Crippen LogP contribution in [0.15, 0.2) is 158 Å². The summed E-state index contributed by atoms with van der Waals surface area (Å²) in [6, 6.07) is 59.2. The van der Waals surface area contributed by atoms with E-state index in [-0.39, 0.29) is 0 Å². The summed E-state index contributed by atoms with van der Waals surface area (Å²) < 4.78 is 4.35. The normalized spacial score (nSPS) is 10.8. The van der Waals surface area contributed by atoms with Crippen LogP contribution in [0.25, 0.3) is 98.1 Å². The predicted octanol–water partition coefficient (Wildman–Crippen LogP) is 13.5. The van der Waals surface area contributed by atoms with E-state index < -0.39 is 0 Å². The molecule has 282 valence electrons. The third-order valence-electron chi connectivity index (χ3n) is 11.4. The fourth-order valence-corrected chi connectivity index (χ4v) is 8.71. The van der Waals surface area contributed by atoms with Gasteiger partial charge in [-0.1, -0.05) is 60.7 Å². The highest BCUT2D eigenvalue weighted by Crippen LogP contribution is 2.44. The predicted molar refractivity (Wildman–Crippen MR) is 243 cm³/mol. The maximum Gasteiger partial charge on any atom is 0.189 e. The van der Waals surface area contributed by atoms with Gasteiger partial charge in [0.15, 0.2) is 11.4 Å². The van der Waals surface area contributed by atoms with E-state index in [4.69, 9.17) is 13.1 Å². The molecule has 0 aliphatic heterocycles. The molecule has 8 aromatic carbocycles. The van der Waals surface area contributed by atoms with Crippen molar-refractivity contribution in [3.63, 3.8) is 0 Å². The molecule has 62 heavy (non-hydrogen) atoms. The van der Waals surface area contributed by atoms with Gasteiger partial charge in [0.25, 0.3) is 0 Å². The minimum absolute atomic E-state index is 0.385. The van der Waals surface area contributed by atoms with Gasteiger partial charge in [-0.2, -0.15) is 21.0 Å². The van der Waals surface area contributed by atoms with Crippen molar-refractivity contribution in [3.05, 3.63) is 203 Å². The molecule has 0 aliphatic carbocycles. The van der Waals surface area contributed by atoms with E-state index in [1.807, 2.05) is 78.9 Å². The summed E-state index contributed by atoms with van der Waals surface area (Å²) >= 11 is 0. The molecular formula is C54H26N8. The SMILES string of the molecule is [C-]#[N+]c1cc(C#N)cc(-c2ccc3c(c2)c2ccccc2n3-c2cc(C#N)cc(-n3c4ccccc4c4cc(-c5cc(C#N)cc([N+]#[C-])c5)ccc43)c2-c2cccc(C#N)c2)c1. The lowest BCUT2D eigenvalue weighted by Gasteiger charge is -2.21. The molecule has 0 radical (unpaired) electrons. The average Bonchev–Trinajstić information content (AvgIpc) is 3.85. The van der Waals surface area contributed by atoms with Crippen molar-refractivity contribution in [2.75, 3.05) is 0 Å². The van der Waals surface area contributed by atoms with Crippen molar-refractivity contribution in [1.29, 1.82) is 21.0 Å². The summed E-state index contributed by atoms with van der Waals surface area (Å²) in [6.45, 7) is 15.3. The van der Waals surface area contributed by atoms with Gasteiger partial charge < -0.3 is 9.13 Å². The molecule has 2 aromatic heterocycles. The minimum Gasteiger partial charge on any atom is -0.308 e. The van der Waals surface area contributed by atoms with Crippen LogP contribution in [0.1, 0.15) is 22.3 Å². The molecule has 0 saturated carbocycles. The quantitative estimate of drug-likeness (QED) is 0.162. The standard InChI is InChI=1S/C54H26N8/c1-59-42-21-34(30-56)19-40(25-42)37-14-16-50-46(27-37)44-10-3-5-12-48(44)61(50)52-23-36(32-58)24-53(54(52)39-9-7-8-33(18-39)29-55)62-49-13-6-4-11-45(49)47-28-38(15-17-51(47)62)41-20-35(31-57)22-43(26-41)60-2/h3-28H. The van der Waals surface area contributed by atoms with Crippen LogP contribution >= 0.6 is 0 Å². The molecule has 10 aromatic rings. The number of aromatic nitrogens is 2. The second-order valence-corrected chi connectivity index (χ2v) is 14.8. The Morgan fingerprint density at radius 3 is 1.26 bits per heavy atom. The third-order valence-corrected chi connectivity index (χ3v) is 11.4. The van der Waals surface area contributed by atoms with Crippen LogP contribution in [0.3, 0.4) is 0 Å². The first kappa shape index (κ1) is 36.6. The molecule has 0 atom stereocenters. The molecule has 0 saturated heterocycles. The van der Waals surface area contributed by atoms with Gasteiger partial charge in [-0.05, 0) is 125 Å². The summed E-state index contributed by atoms with van der Waals surface area (Å²) in [5.41, 5.74) is 12.3. The van der Waals surface area contributed by atoms with E-state index in [0.717, 1.165) is 88.4 Å². The van der Waals surface area contributed by atoms with Crippen LogP contribution in [0.4, 0.5) is 11.4 Å². The topological polar surface area (TPSA) is 114 Å². The van der Waals surface area contributed by atoms with Crippen molar-refractivity contribution >= 4 is 55.0 Å². The van der Waals surface area contributed by atoms with E-state index >= 15 is 0 Å². The molecule has 0 N–H and O–H groups in total. The third kappa shape index (κ3) is 5.87. The Morgan fingerprint density at radius 2 is 0.790 bits per heavy atom. The minimum atomic E-state index is 0.385. The summed E-state index contributed by atoms with van der Waals surface area (Å²) in [7, 11) is 0. The molecule has 0 aliphatic rings. The molecular weight excluding hydrogens is 761 g/mol. The lowest BCUT2D eigenvalue weighted by Crippen LogP contribution is -2.05. The van der Waals surface area contributed by atoms with Gasteiger partial charge in [-0.25, -0.2) is 9.69 Å². The average molecular weight is 787 g/mol. The van der Waals surface area contributed by atoms with Crippen molar-refractivity contribution in [2.45, 2.75) is 0 Å². The van der Waals surface area contributed by atoms with Crippen LogP contribution in [0.5, 0.6) is 0 Å². The van der Waals surface area contributed by atoms with Gasteiger partial charge in [0, 0.05) is 38.2 Å². The van der Waals surface area contributed by atoms with Crippen molar-refractivity contribution in [3.8, 4) is 69.0 Å². The summed E-state index contributed by atoms with van der Waals surface area (Å²) in [4.78, 5) is 7.22. The Bertz CT molecular complexity index is 3560. The fourth-order valence-electron chi connectivity index (χ4n) is 8.71. The lowest BCUT2D eigenvalue weighted by atomic mass is 9.96. The zero-order valence-corrected chi connectivity index (χ0v) is 32.6. The van der Waals surface area contributed by atoms with Gasteiger partial charge in [-0.15, -0.1) is 0 Å². The number of nitrogens with zero attached hydrogens (tertiary/aromatic N) is 8. The zero-order chi connectivity index (χ0) is 42.5. The number of hydrogen-bond donors (Lipinski definition) is 0. The largest absolute Gasteiger partial charge is 0.308 e. The Kier molecular flexibility index (Phi) is 8.62. The zero-order valence-electron chi connectivity index (χ0n) is 32.6. The number of hydrogen-bond acceptors (Lipinski definition) is 4. The second-order valence-electron chi connectivity index (χ2n) is 14.8. The molecule has 0 amide bonds. The molecule has 0 unspecified atom stereocenters. The van der Waals surface area contributed by atoms with E-state index in [0.29, 0.717) is 33.6 Å². The van der Waals surface area contributed by atoms with E-state index in [1.165, 1.54) is 0 Å². The van der Waals surface area contributed by atoms with Crippen LogP contribution in [0.2, 0.25) is 0 Å². The molecule has 8 nitrogen and oxygen atoms in total.